The summed E-state index contributed by atoms with van der Waals surface area (Å²) in [5.41, 5.74) is 0. The highest BCUT2D eigenvalue weighted by molar-refractivity contribution is 7.16. The highest BCUT2D eigenvalue weighted by Gasteiger charge is 2.46. The van der Waals surface area contributed by atoms with Crippen molar-refractivity contribution >= 4 is 35.3 Å². The number of Topliss-reactive ketones (excluding diaryl/α,β-unsaturated/α-hetero) is 1. The van der Waals surface area contributed by atoms with Crippen LogP contribution in [-0.4, -0.2) is 77.1 Å². The van der Waals surface area contributed by atoms with Crippen LogP contribution in [0.15, 0.2) is 17.2 Å². The van der Waals surface area contributed by atoms with E-state index >= 15 is 0 Å². The Kier molecular flexibility index (Phi) is 5.19. The van der Waals surface area contributed by atoms with Crippen LogP contribution in [0.2, 0.25) is 0 Å². The number of carbonyl (C=O) groups excluding carboxylic acids is 3. The fourth-order valence-corrected chi connectivity index (χ4v) is 3.51. The molecule has 8 nitrogen and oxygen atoms in total. The van der Waals surface area contributed by atoms with E-state index in [1.807, 2.05) is 0 Å². The molecule has 0 saturated carbocycles. The van der Waals surface area contributed by atoms with Crippen LogP contribution in [0.3, 0.4) is 0 Å². The van der Waals surface area contributed by atoms with E-state index in [0.29, 0.717) is 16.5 Å². The van der Waals surface area contributed by atoms with E-state index < -0.39 is 41.1 Å². The highest BCUT2D eigenvalue weighted by atomic mass is 32.1. The number of hydrogen-bond acceptors (Lipinski definition) is 8. The second kappa shape index (κ2) is 7.20. The number of hydrazone groups is 1. The number of carbonyl (C=O) groups is 3. The molecule has 1 fully saturated rings. The molecule has 0 spiro atoms. The fraction of sp³-hybridized carbons (Fsp3) is 0.429. The van der Waals surface area contributed by atoms with Crippen molar-refractivity contribution in [1.82, 2.24) is 15.0 Å². The Morgan fingerprint density at radius 2 is 1.69 bits per heavy atom. The lowest BCUT2D eigenvalue weighted by Gasteiger charge is -2.38. The molecule has 15 heteroatoms. The minimum absolute atomic E-state index is 0.0862. The standard InChI is InChI=1S/C14H10F6N4O4S/c15-13(16,17)10(25)7-1-2-8(29-7)11(26)22-3-4-23-6-21-24(9(23)5-22)28-12(27)14(18,19)20/h1-2,6,9H,3-5H2. The predicted molar refractivity (Wildman–Crippen MR) is 83.6 cm³/mol. The van der Waals surface area contributed by atoms with Crippen LogP contribution in [0.1, 0.15) is 19.3 Å². The van der Waals surface area contributed by atoms with Gasteiger partial charge < -0.3 is 14.6 Å². The van der Waals surface area contributed by atoms with Gasteiger partial charge in [0.15, 0.2) is 6.17 Å². The average molecular weight is 444 g/mol. The van der Waals surface area contributed by atoms with E-state index in [4.69, 9.17) is 0 Å². The first kappa shape index (κ1) is 20.9. The van der Waals surface area contributed by atoms with Crippen molar-refractivity contribution in [2.45, 2.75) is 18.5 Å². The largest absolute Gasteiger partial charge is 0.493 e. The molecule has 1 amide bonds. The molecule has 1 atom stereocenters. The van der Waals surface area contributed by atoms with Crippen molar-refractivity contribution in [2.75, 3.05) is 19.6 Å². The van der Waals surface area contributed by atoms with Crippen molar-refractivity contribution in [1.29, 1.82) is 0 Å². The Bertz CT molecular complexity index is 867. The third-order valence-electron chi connectivity index (χ3n) is 3.96. The Balaban J connectivity index is 1.69. The molecular weight excluding hydrogens is 434 g/mol. The summed E-state index contributed by atoms with van der Waals surface area (Å²) in [5, 5.41) is 3.95. The smallest absolute Gasteiger partial charge is 0.333 e. The first-order chi connectivity index (χ1) is 13.4. The van der Waals surface area contributed by atoms with Gasteiger partial charge in [-0.25, -0.2) is 4.79 Å². The molecule has 1 unspecified atom stereocenters. The van der Waals surface area contributed by atoms with Gasteiger partial charge in [-0.05, 0) is 12.1 Å². The van der Waals surface area contributed by atoms with Gasteiger partial charge in [-0.3, -0.25) is 9.59 Å². The maximum Gasteiger partial charge on any atom is 0.493 e. The summed E-state index contributed by atoms with van der Waals surface area (Å²) in [7, 11) is 0. The normalized spacial score (nSPS) is 19.4. The van der Waals surface area contributed by atoms with Crippen molar-refractivity contribution in [3.63, 3.8) is 0 Å². The van der Waals surface area contributed by atoms with Crippen molar-refractivity contribution in [2.24, 2.45) is 5.10 Å². The van der Waals surface area contributed by atoms with Gasteiger partial charge in [0, 0.05) is 13.1 Å². The molecule has 0 radical (unpaired) electrons. The molecule has 2 aliphatic heterocycles. The molecule has 0 N–H and O–H groups in total. The van der Waals surface area contributed by atoms with E-state index in [2.05, 4.69) is 9.94 Å². The lowest BCUT2D eigenvalue weighted by atomic mass is 10.2. The first-order valence-corrected chi connectivity index (χ1v) is 8.58. The number of fused-ring (bicyclic) bond motifs is 1. The molecule has 1 aromatic rings. The number of hydrogen-bond donors (Lipinski definition) is 0. The van der Waals surface area contributed by atoms with Crippen LogP contribution in [0.4, 0.5) is 26.3 Å². The SMILES string of the molecule is O=C(c1ccc(C(=O)C(F)(F)F)s1)N1CCN2C=NN(OC(=O)C(F)(F)F)C2C1. The number of hydroxylamine groups is 1. The van der Waals surface area contributed by atoms with Gasteiger partial charge in [-0.1, -0.05) is 5.17 Å². The van der Waals surface area contributed by atoms with Crippen molar-refractivity contribution < 1.29 is 45.6 Å². The summed E-state index contributed by atoms with van der Waals surface area (Å²) in [6.45, 7) is -0.0348. The quantitative estimate of drug-likeness (QED) is 0.523. The Labute approximate surface area is 161 Å². The van der Waals surface area contributed by atoms with Crippen LogP contribution in [0, 0.1) is 0 Å². The summed E-state index contributed by atoms with van der Waals surface area (Å²) in [6.07, 6.45) is -10.2. The molecule has 2 aliphatic rings. The number of alkyl halides is 6. The number of rotatable bonds is 3. The lowest BCUT2D eigenvalue weighted by molar-refractivity contribution is -0.252. The van der Waals surface area contributed by atoms with Crippen LogP contribution in [0.25, 0.3) is 0 Å². The first-order valence-electron chi connectivity index (χ1n) is 7.77. The molecule has 0 bridgehead atoms. The Morgan fingerprint density at radius 3 is 2.31 bits per heavy atom. The van der Waals surface area contributed by atoms with E-state index in [-0.39, 0.29) is 24.5 Å². The zero-order chi connectivity index (χ0) is 21.6. The summed E-state index contributed by atoms with van der Waals surface area (Å²) in [4.78, 5) is 40.7. The van der Waals surface area contributed by atoms with E-state index in [9.17, 15) is 40.7 Å². The number of nitrogens with zero attached hydrogens (tertiary/aromatic N) is 4. The van der Waals surface area contributed by atoms with Gasteiger partial charge in [0.05, 0.1) is 16.3 Å². The third kappa shape index (κ3) is 4.28. The monoisotopic (exact) mass is 444 g/mol. The molecule has 3 rings (SSSR count). The predicted octanol–water partition coefficient (Wildman–Crippen LogP) is 1.86. The molecule has 0 aliphatic carbocycles. The molecule has 1 saturated heterocycles. The molecular formula is C14H10F6N4O4S. The molecule has 0 aromatic carbocycles. The number of thiophene rings is 1. The van der Waals surface area contributed by atoms with Crippen molar-refractivity contribution in [3.8, 4) is 0 Å². The van der Waals surface area contributed by atoms with Gasteiger partial charge in [-0.15, -0.1) is 16.4 Å². The van der Waals surface area contributed by atoms with Gasteiger partial charge in [0.25, 0.3) is 11.7 Å². The van der Waals surface area contributed by atoms with Crippen LogP contribution >= 0.6 is 11.3 Å². The second-order valence-electron chi connectivity index (χ2n) is 5.87. The van der Waals surface area contributed by atoms with Crippen LogP contribution in [-0.2, 0) is 9.63 Å². The third-order valence-corrected chi connectivity index (χ3v) is 5.03. The minimum atomic E-state index is -5.24. The summed E-state index contributed by atoms with van der Waals surface area (Å²) >= 11 is 0.356. The zero-order valence-corrected chi connectivity index (χ0v) is 14.8. The molecule has 29 heavy (non-hydrogen) atoms. The maximum absolute atomic E-state index is 12.5. The zero-order valence-electron chi connectivity index (χ0n) is 14.0. The number of halogens is 6. The highest BCUT2D eigenvalue weighted by Crippen LogP contribution is 2.28. The average Bonchev–Trinajstić information content (AvgIpc) is 3.26. The fourth-order valence-electron chi connectivity index (χ4n) is 2.58. The molecule has 158 valence electrons. The van der Waals surface area contributed by atoms with E-state index in [1.165, 1.54) is 4.90 Å². The number of piperazine rings is 1. The molecule has 1 aromatic heterocycles. The van der Waals surface area contributed by atoms with E-state index in [1.54, 1.807) is 0 Å². The van der Waals surface area contributed by atoms with Gasteiger partial charge in [0.1, 0.15) is 6.34 Å². The molecule has 3 heterocycles. The Hall–Kier alpha value is -2.84. The second-order valence-corrected chi connectivity index (χ2v) is 6.95. The maximum atomic E-state index is 12.5. The van der Waals surface area contributed by atoms with Crippen LogP contribution in [0.5, 0.6) is 0 Å². The van der Waals surface area contributed by atoms with Crippen LogP contribution < -0.4 is 0 Å². The van der Waals surface area contributed by atoms with Gasteiger partial charge in [0.2, 0.25) is 0 Å². The Morgan fingerprint density at radius 1 is 1.03 bits per heavy atom. The number of ketones is 1. The topological polar surface area (TPSA) is 82.5 Å². The van der Waals surface area contributed by atoms with Gasteiger partial charge >= 0.3 is 18.3 Å². The van der Waals surface area contributed by atoms with Crippen molar-refractivity contribution in [3.05, 3.63) is 21.9 Å². The minimum Gasteiger partial charge on any atom is -0.333 e. The summed E-state index contributed by atoms with van der Waals surface area (Å²) < 4.78 is 74.6. The van der Waals surface area contributed by atoms with Gasteiger partial charge in [-0.2, -0.15) is 26.3 Å². The number of amides is 1. The summed E-state index contributed by atoms with van der Waals surface area (Å²) in [6, 6.07) is 1.94. The lowest BCUT2D eigenvalue weighted by Crippen LogP contribution is -2.57. The van der Waals surface area contributed by atoms with E-state index in [0.717, 1.165) is 23.4 Å². The summed E-state index contributed by atoms with van der Waals surface area (Å²) in [5.74, 6) is -5.29.